The second kappa shape index (κ2) is 13.1. The molecule has 1 aliphatic carbocycles. The van der Waals surface area contributed by atoms with Crippen LogP contribution in [0, 0.1) is 0 Å². The van der Waals surface area contributed by atoms with E-state index >= 15 is 0 Å². The summed E-state index contributed by atoms with van der Waals surface area (Å²) in [6.07, 6.45) is 9.26. The third-order valence-electron chi connectivity index (χ3n) is 6.24. The Kier molecular flexibility index (Phi) is 9.92. The van der Waals surface area contributed by atoms with Crippen LogP contribution in [0.3, 0.4) is 0 Å². The van der Waals surface area contributed by atoms with E-state index in [1.165, 1.54) is 43.2 Å². The van der Waals surface area contributed by atoms with Crippen molar-refractivity contribution >= 4 is 17.3 Å². The molecule has 0 aliphatic heterocycles. The molecule has 33 heavy (non-hydrogen) atoms. The van der Waals surface area contributed by atoms with E-state index in [9.17, 15) is 0 Å². The molecule has 4 rings (SSSR count). The lowest BCUT2D eigenvalue weighted by atomic mass is 9.69. The van der Waals surface area contributed by atoms with Gasteiger partial charge < -0.3 is 10.6 Å². The molecule has 1 aromatic heterocycles. The summed E-state index contributed by atoms with van der Waals surface area (Å²) < 4.78 is 0. The van der Waals surface area contributed by atoms with E-state index in [0.29, 0.717) is 5.41 Å². The molecule has 0 unspecified atom stereocenters. The van der Waals surface area contributed by atoms with E-state index in [2.05, 4.69) is 57.7 Å². The summed E-state index contributed by atoms with van der Waals surface area (Å²) >= 11 is 6.11. The Morgan fingerprint density at radius 2 is 1.79 bits per heavy atom. The summed E-state index contributed by atoms with van der Waals surface area (Å²) in [6, 6.07) is 22.5. The maximum atomic E-state index is 6.11. The van der Waals surface area contributed by atoms with Crippen molar-refractivity contribution in [3.63, 3.8) is 0 Å². The van der Waals surface area contributed by atoms with E-state index in [1.54, 1.807) is 6.20 Å². The van der Waals surface area contributed by atoms with Gasteiger partial charge in [0.15, 0.2) is 0 Å². The topological polar surface area (TPSA) is 49.8 Å². The van der Waals surface area contributed by atoms with Gasteiger partial charge in [-0.15, -0.1) is 5.10 Å². The first kappa shape index (κ1) is 24.9. The van der Waals surface area contributed by atoms with Gasteiger partial charge in [0.2, 0.25) is 0 Å². The standard InChI is InChI=1S/C14H20ClN.C14H15N3/c1-16-11-14(8-3-2-4-9-14)12-6-5-7-13(15)10-12;1-12(14-8-5-10-16-17-14)15-11-9-13-6-3-2-4-7-13/h5-7,10,16H,2-4,8-9,11H2,1H3;2-8,10,15H,1,9,11H2. The molecule has 0 atom stereocenters. The van der Waals surface area contributed by atoms with Crippen LogP contribution in [0.15, 0.2) is 79.5 Å². The minimum atomic E-state index is 0.317. The fourth-order valence-electron chi connectivity index (χ4n) is 4.51. The van der Waals surface area contributed by atoms with Crippen molar-refractivity contribution in [1.82, 2.24) is 20.8 Å². The zero-order valence-electron chi connectivity index (χ0n) is 19.6. The molecular formula is C28H35ClN4. The Hall–Kier alpha value is -2.69. The third kappa shape index (κ3) is 7.69. The van der Waals surface area contributed by atoms with Crippen molar-refractivity contribution in [2.24, 2.45) is 0 Å². The highest BCUT2D eigenvalue weighted by Crippen LogP contribution is 2.39. The maximum Gasteiger partial charge on any atom is 0.108 e. The number of hydrogen-bond donors (Lipinski definition) is 2. The number of rotatable bonds is 8. The highest BCUT2D eigenvalue weighted by Gasteiger charge is 2.33. The van der Waals surface area contributed by atoms with Crippen molar-refractivity contribution in [1.29, 1.82) is 0 Å². The zero-order chi connectivity index (χ0) is 23.4. The Labute approximate surface area is 203 Å². The van der Waals surface area contributed by atoms with Gasteiger partial charge in [0.05, 0.1) is 5.70 Å². The van der Waals surface area contributed by atoms with E-state index in [4.69, 9.17) is 11.6 Å². The highest BCUT2D eigenvalue weighted by molar-refractivity contribution is 6.30. The van der Waals surface area contributed by atoms with Crippen molar-refractivity contribution in [3.05, 3.63) is 101 Å². The smallest absolute Gasteiger partial charge is 0.108 e. The first-order valence-corrected chi connectivity index (χ1v) is 12.2. The first-order valence-electron chi connectivity index (χ1n) is 11.8. The van der Waals surface area contributed by atoms with Crippen LogP contribution in [0.1, 0.15) is 48.9 Å². The normalized spacial score (nSPS) is 14.6. The summed E-state index contributed by atoms with van der Waals surface area (Å²) in [4.78, 5) is 0. The number of hydrogen-bond acceptors (Lipinski definition) is 4. The van der Waals surface area contributed by atoms with Gasteiger partial charge in [0, 0.05) is 29.7 Å². The lowest BCUT2D eigenvalue weighted by Crippen LogP contribution is -2.38. The average molecular weight is 463 g/mol. The van der Waals surface area contributed by atoms with Gasteiger partial charge >= 0.3 is 0 Å². The fourth-order valence-corrected chi connectivity index (χ4v) is 4.70. The Morgan fingerprint density at radius 3 is 2.45 bits per heavy atom. The van der Waals surface area contributed by atoms with Crippen LogP contribution >= 0.6 is 11.6 Å². The molecule has 3 aromatic rings. The van der Waals surface area contributed by atoms with Crippen LogP contribution in [0.25, 0.3) is 5.70 Å². The van der Waals surface area contributed by atoms with Gasteiger partial charge in [0.1, 0.15) is 5.69 Å². The highest BCUT2D eigenvalue weighted by atomic mass is 35.5. The molecule has 4 nitrogen and oxygen atoms in total. The molecule has 1 heterocycles. The van der Waals surface area contributed by atoms with Gasteiger partial charge in [-0.25, -0.2) is 0 Å². The van der Waals surface area contributed by atoms with Crippen molar-refractivity contribution in [2.75, 3.05) is 20.1 Å². The van der Waals surface area contributed by atoms with Gasteiger partial charge in [0.25, 0.3) is 0 Å². The molecule has 0 radical (unpaired) electrons. The number of nitrogens with one attached hydrogen (secondary N) is 2. The van der Waals surface area contributed by atoms with Gasteiger partial charge in [-0.05, 0) is 61.7 Å². The molecule has 0 amide bonds. The predicted molar refractivity (Wildman–Crippen MR) is 139 cm³/mol. The van der Waals surface area contributed by atoms with Crippen molar-refractivity contribution in [2.45, 2.75) is 43.9 Å². The molecule has 2 N–H and O–H groups in total. The van der Waals surface area contributed by atoms with E-state index in [-0.39, 0.29) is 0 Å². The average Bonchev–Trinajstić information content (AvgIpc) is 2.86. The van der Waals surface area contributed by atoms with Crippen LogP contribution in [0.5, 0.6) is 0 Å². The summed E-state index contributed by atoms with van der Waals surface area (Å²) in [5, 5.41) is 15.3. The quantitative estimate of drug-likeness (QED) is 0.428. The molecule has 1 aliphatic rings. The van der Waals surface area contributed by atoms with Crippen LogP contribution in [0.2, 0.25) is 5.02 Å². The predicted octanol–water partition coefficient (Wildman–Crippen LogP) is 6.04. The maximum absolute atomic E-state index is 6.11. The van der Waals surface area contributed by atoms with Crippen molar-refractivity contribution in [3.8, 4) is 0 Å². The molecule has 1 saturated carbocycles. The summed E-state index contributed by atoms with van der Waals surface area (Å²) in [7, 11) is 2.04. The number of likely N-dealkylation sites (N-methyl/N-ethyl adjacent to an activating group) is 1. The van der Waals surface area contributed by atoms with Crippen molar-refractivity contribution < 1.29 is 0 Å². The molecule has 0 saturated heterocycles. The third-order valence-corrected chi connectivity index (χ3v) is 6.47. The molecule has 174 valence electrons. The Balaban J connectivity index is 0.000000186. The second-order valence-corrected chi connectivity index (χ2v) is 9.07. The molecule has 2 aromatic carbocycles. The molecule has 0 spiro atoms. The SMILES string of the molecule is C=C(NCCc1ccccc1)c1cccnn1.CNCC1(c2cccc(Cl)c2)CCCCC1. The first-order chi connectivity index (χ1) is 16.1. The van der Waals surface area contributed by atoms with E-state index in [1.807, 2.05) is 43.4 Å². The number of halogens is 1. The zero-order valence-corrected chi connectivity index (χ0v) is 20.3. The lowest BCUT2D eigenvalue weighted by molar-refractivity contribution is 0.286. The Bertz CT molecular complexity index is 964. The van der Waals surface area contributed by atoms with E-state index < -0.39 is 0 Å². The van der Waals surface area contributed by atoms with Crippen LogP contribution < -0.4 is 10.6 Å². The van der Waals surface area contributed by atoms with Crippen LogP contribution in [0.4, 0.5) is 0 Å². The lowest BCUT2D eigenvalue weighted by Gasteiger charge is -2.38. The van der Waals surface area contributed by atoms with Crippen LogP contribution in [-0.2, 0) is 11.8 Å². The minimum Gasteiger partial charge on any atom is -0.383 e. The largest absolute Gasteiger partial charge is 0.383 e. The summed E-state index contributed by atoms with van der Waals surface area (Å²) in [6.45, 7) is 5.85. The minimum absolute atomic E-state index is 0.317. The van der Waals surface area contributed by atoms with Crippen LogP contribution in [-0.4, -0.2) is 30.3 Å². The molecule has 0 bridgehead atoms. The number of aromatic nitrogens is 2. The van der Waals surface area contributed by atoms with Gasteiger partial charge in [-0.1, -0.05) is 79.9 Å². The monoisotopic (exact) mass is 462 g/mol. The number of nitrogens with zero attached hydrogens (tertiary/aromatic N) is 2. The Morgan fingerprint density at radius 1 is 1.00 bits per heavy atom. The molecular weight excluding hydrogens is 428 g/mol. The molecule has 1 fully saturated rings. The molecule has 5 heteroatoms. The van der Waals surface area contributed by atoms with Gasteiger partial charge in [-0.3, -0.25) is 0 Å². The number of benzene rings is 2. The van der Waals surface area contributed by atoms with Gasteiger partial charge in [-0.2, -0.15) is 5.10 Å². The summed E-state index contributed by atoms with van der Waals surface area (Å²) in [5.41, 5.74) is 4.65. The summed E-state index contributed by atoms with van der Waals surface area (Å²) in [5.74, 6) is 0. The fraction of sp³-hybridized carbons (Fsp3) is 0.357. The second-order valence-electron chi connectivity index (χ2n) is 8.63. The van der Waals surface area contributed by atoms with E-state index in [0.717, 1.165) is 35.9 Å².